The fourth-order valence-corrected chi connectivity index (χ4v) is 3.34. The van der Waals surface area contributed by atoms with E-state index in [4.69, 9.17) is 0 Å². The van der Waals surface area contributed by atoms with Crippen LogP contribution in [0.5, 0.6) is 0 Å². The van der Waals surface area contributed by atoms with Gasteiger partial charge >= 0.3 is 5.97 Å². The lowest BCUT2D eigenvalue weighted by Gasteiger charge is -2.31. The molecule has 1 saturated heterocycles. The van der Waals surface area contributed by atoms with E-state index in [0.29, 0.717) is 12.6 Å². The summed E-state index contributed by atoms with van der Waals surface area (Å²) in [5, 5.41) is 9.61. The molecule has 2 rings (SSSR count). The van der Waals surface area contributed by atoms with E-state index in [-0.39, 0.29) is 5.92 Å². The molecule has 116 valence electrons. The average Bonchev–Trinajstić information content (AvgIpc) is 2.92. The Morgan fingerprint density at radius 2 is 1.95 bits per heavy atom. The zero-order valence-corrected chi connectivity index (χ0v) is 13.4. The standard InChI is InChI=1S/C18H27NO2/c1-14(2)18(17(20)21)11-12-19(13-18)15(3)9-10-16-7-5-4-6-8-16/h4-8,14-15H,9-13H2,1-3H3,(H,20,21). The van der Waals surface area contributed by atoms with Gasteiger partial charge in [-0.25, -0.2) is 0 Å². The van der Waals surface area contributed by atoms with Gasteiger partial charge < -0.3 is 5.11 Å². The molecule has 2 unspecified atom stereocenters. The highest BCUT2D eigenvalue weighted by Gasteiger charge is 2.47. The minimum Gasteiger partial charge on any atom is -0.481 e. The number of aryl methyl sites for hydroxylation is 1. The molecule has 1 aromatic carbocycles. The topological polar surface area (TPSA) is 40.5 Å². The molecule has 1 aliphatic rings. The number of carboxylic acids is 1. The zero-order valence-electron chi connectivity index (χ0n) is 13.4. The quantitative estimate of drug-likeness (QED) is 0.872. The molecular formula is C18H27NO2. The van der Waals surface area contributed by atoms with Gasteiger partial charge in [0.2, 0.25) is 0 Å². The van der Waals surface area contributed by atoms with Crippen molar-refractivity contribution >= 4 is 5.97 Å². The lowest BCUT2D eigenvalue weighted by Crippen LogP contribution is -2.41. The SMILES string of the molecule is CC(CCc1ccccc1)N1CCC(C(=O)O)(C(C)C)C1. The van der Waals surface area contributed by atoms with Gasteiger partial charge in [0.05, 0.1) is 5.41 Å². The first-order valence-electron chi connectivity index (χ1n) is 7.97. The summed E-state index contributed by atoms with van der Waals surface area (Å²) in [7, 11) is 0. The summed E-state index contributed by atoms with van der Waals surface area (Å²) in [6, 6.07) is 10.9. The molecule has 1 fully saturated rings. The van der Waals surface area contributed by atoms with Crippen molar-refractivity contribution < 1.29 is 9.90 Å². The fraction of sp³-hybridized carbons (Fsp3) is 0.611. The molecule has 1 aromatic rings. The molecule has 1 aliphatic heterocycles. The Kier molecular flexibility index (Phi) is 5.04. The van der Waals surface area contributed by atoms with Crippen molar-refractivity contribution in [1.29, 1.82) is 0 Å². The van der Waals surface area contributed by atoms with Crippen LogP contribution in [-0.4, -0.2) is 35.1 Å². The van der Waals surface area contributed by atoms with Crippen LogP contribution in [0, 0.1) is 11.3 Å². The molecule has 0 amide bonds. The van der Waals surface area contributed by atoms with Crippen molar-refractivity contribution in [2.24, 2.45) is 11.3 Å². The van der Waals surface area contributed by atoms with Crippen molar-refractivity contribution in [3.8, 4) is 0 Å². The Bertz CT molecular complexity index is 471. The van der Waals surface area contributed by atoms with Crippen LogP contribution < -0.4 is 0 Å². The number of carboxylic acid groups (broad SMARTS) is 1. The molecule has 1 heterocycles. The summed E-state index contributed by atoms with van der Waals surface area (Å²) in [4.78, 5) is 14.0. The first-order valence-corrected chi connectivity index (χ1v) is 7.97. The molecule has 21 heavy (non-hydrogen) atoms. The lowest BCUT2D eigenvalue weighted by atomic mass is 9.76. The van der Waals surface area contributed by atoms with Gasteiger partial charge in [0.1, 0.15) is 0 Å². The largest absolute Gasteiger partial charge is 0.481 e. The summed E-state index contributed by atoms with van der Waals surface area (Å²) in [5.74, 6) is -0.448. The second kappa shape index (κ2) is 6.61. The van der Waals surface area contributed by atoms with Crippen LogP contribution in [0.4, 0.5) is 0 Å². The van der Waals surface area contributed by atoms with Gasteiger partial charge in [-0.05, 0) is 44.2 Å². The van der Waals surface area contributed by atoms with Crippen molar-refractivity contribution in [1.82, 2.24) is 4.90 Å². The van der Waals surface area contributed by atoms with E-state index in [9.17, 15) is 9.90 Å². The monoisotopic (exact) mass is 289 g/mol. The Labute approximate surface area is 128 Å². The maximum Gasteiger partial charge on any atom is 0.311 e. The highest BCUT2D eigenvalue weighted by molar-refractivity contribution is 5.75. The highest BCUT2D eigenvalue weighted by Crippen LogP contribution is 2.39. The minimum absolute atomic E-state index is 0.182. The van der Waals surface area contributed by atoms with Gasteiger partial charge in [0, 0.05) is 12.6 Å². The molecule has 3 heteroatoms. The normalized spacial score (nSPS) is 24.4. The predicted octanol–water partition coefficient (Wildman–Crippen LogP) is 3.44. The smallest absolute Gasteiger partial charge is 0.311 e. The summed E-state index contributed by atoms with van der Waals surface area (Å²) in [6.07, 6.45) is 2.91. The number of aliphatic carboxylic acids is 1. The number of nitrogens with zero attached hydrogens (tertiary/aromatic N) is 1. The molecule has 0 aliphatic carbocycles. The number of rotatable bonds is 6. The molecule has 0 saturated carbocycles. The third kappa shape index (κ3) is 3.46. The van der Waals surface area contributed by atoms with E-state index >= 15 is 0 Å². The maximum absolute atomic E-state index is 11.7. The number of carbonyl (C=O) groups is 1. The van der Waals surface area contributed by atoms with Gasteiger partial charge in [0.25, 0.3) is 0 Å². The van der Waals surface area contributed by atoms with E-state index in [0.717, 1.165) is 25.8 Å². The van der Waals surface area contributed by atoms with Gasteiger partial charge in [-0.3, -0.25) is 9.69 Å². The average molecular weight is 289 g/mol. The summed E-state index contributed by atoms with van der Waals surface area (Å²) >= 11 is 0. The molecule has 2 atom stereocenters. The summed E-state index contributed by atoms with van der Waals surface area (Å²) < 4.78 is 0. The van der Waals surface area contributed by atoms with E-state index < -0.39 is 11.4 Å². The molecule has 0 aromatic heterocycles. The van der Waals surface area contributed by atoms with Crippen molar-refractivity contribution in [3.63, 3.8) is 0 Å². The van der Waals surface area contributed by atoms with Gasteiger partial charge in [-0.2, -0.15) is 0 Å². The van der Waals surface area contributed by atoms with Crippen LogP contribution in [0.2, 0.25) is 0 Å². The Hall–Kier alpha value is -1.35. The van der Waals surface area contributed by atoms with E-state index in [1.807, 2.05) is 19.9 Å². The second-order valence-electron chi connectivity index (χ2n) is 6.71. The Morgan fingerprint density at radius 1 is 1.29 bits per heavy atom. The molecule has 1 N–H and O–H groups in total. The molecule has 0 spiro atoms. The van der Waals surface area contributed by atoms with E-state index in [1.165, 1.54) is 5.56 Å². The molecule has 3 nitrogen and oxygen atoms in total. The minimum atomic E-state index is -0.629. The third-order valence-corrected chi connectivity index (χ3v) is 5.18. The van der Waals surface area contributed by atoms with E-state index in [2.05, 4.69) is 36.1 Å². The van der Waals surface area contributed by atoms with Crippen LogP contribution in [0.1, 0.15) is 39.2 Å². The number of likely N-dealkylation sites (tertiary alicyclic amines) is 1. The van der Waals surface area contributed by atoms with Crippen molar-refractivity contribution in [2.75, 3.05) is 13.1 Å². The van der Waals surface area contributed by atoms with Crippen LogP contribution in [0.15, 0.2) is 30.3 Å². The molecule has 0 bridgehead atoms. The second-order valence-corrected chi connectivity index (χ2v) is 6.71. The molecular weight excluding hydrogens is 262 g/mol. The van der Waals surface area contributed by atoms with Crippen LogP contribution in [0.3, 0.4) is 0 Å². The Balaban J connectivity index is 1.93. The van der Waals surface area contributed by atoms with Crippen LogP contribution >= 0.6 is 0 Å². The van der Waals surface area contributed by atoms with Crippen molar-refractivity contribution in [3.05, 3.63) is 35.9 Å². The lowest BCUT2D eigenvalue weighted by molar-refractivity contribution is -0.151. The summed E-state index contributed by atoms with van der Waals surface area (Å²) in [6.45, 7) is 7.89. The van der Waals surface area contributed by atoms with Crippen LogP contribution in [0.25, 0.3) is 0 Å². The zero-order chi connectivity index (χ0) is 15.5. The first-order chi connectivity index (χ1) is 9.95. The number of hydrogen-bond acceptors (Lipinski definition) is 2. The fourth-order valence-electron chi connectivity index (χ4n) is 3.34. The number of benzene rings is 1. The maximum atomic E-state index is 11.7. The Morgan fingerprint density at radius 3 is 2.48 bits per heavy atom. The predicted molar refractivity (Wildman–Crippen MR) is 85.3 cm³/mol. The van der Waals surface area contributed by atoms with Gasteiger partial charge in [-0.1, -0.05) is 44.2 Å². The summed E-state index contributed by atoms with van der Waals surface area (Å²) in [5.41, 5.74) is 0.804. The van der Waals surface area contributed by atoms with Gasteiger partial charge in [0.15, 0.2) is 0 Å². The number of hydrogen-bond donors (Lipinski definition) is 1. The van der Waals surface area contributed by atoms with Gasteiger partial charge in [-0.15, -0.1) is 0 Å². The first kappa shape index (κ1) is 16.0. The van der Waals surface area contributed by atoms with E-state index in [1.54, 1.807) is 0 Å². The van der Waals surface area contributed by atoms with Crippen LogP contribution in [-0.2, 0) is 11.2 Å². The molecule has 0 radical (unpaired) electrons. The third-order valence-electron chi connectivity index (χ3n) is 5.18. The highest BCUT2D eigenvalue weighted by atomic mass is 16.4. The van der Waals surface area contributed by atoms with Crippen molar-refractivity contribution in [2.45, 2.75) is 46.1 Å².